The zero-order valence-electron chi connectivity index (χ0n) is 11.4. The Labute approximate surface area is 112 Å². The van der Waals surface area contributed by atoms with Crippen molar-refractivity contribution in [3.63, 3.8) is 0 Å². The molecule has 0 aromatic carbocycles. The summed E-state index contributed by atoms with van der Waals surface area (Å²) in [5, 5.41) is 2.91. The van der Waals surface area contributed by atoms with Crippen LogP contribution >= 0.6 is 0 Å². The molecular formula is C14H20N4O. The molecule has 0 atom stereocenters. The van der Waals surface area contributed by atoms with Gasteiger partial charge in [0.2, 0.25) is 5.91 Å². The van der Waals surface area contributed by atoms with Gasteiger partial charge in [0.25, 0.3) is 0 Å². The Morgan fingerprint density at radius 2 is 2.21 bits per heavy atom. The van der Waals surface area contributed by atoms with Crippen molar-refractivity contribution in [1.29, 1.82) is 0 Å². The molecule has 19 heavy (non-hydrogen) atoms. The van der Waals surface area contributed by atoms with Gasteiger partial charge in [-0.2, -0.15) is 0 Å². The Kier molecular flexibility index (Phi) is 4.39. The smallest absolute Gasteiger partial charge is 0.220 e. The topological polar surface area (TPSA) is 73.6 Å². The summed E-state index contributed by atoms with van der Waals surface area (Å²) in [6.07, 6.45) is 3.84. The number of hydrogen-bond acceptors (Lipinski definition) is 2. The second-order valence-corrected chi connectivity index (χ2v) is 4.69. The minimum absolute atomic E-state index is 0.0678. The van der Waals surface area contributed by atoms with E-state index < -0.39 is 0 Å². The summed E-state index contributed by atoms with van der Waals surface area (Å²) in [4.78, 5) is 22.3. The summed E-state index contributed by atoms with van der Waals surface area (Å²) in [6.45, 7) is 4.61. The lowest BCUT2D eigenvalue weighted by Crippen LogP contribution is -2.26. The summed E-state index contributed by atoms with van der Waals surface area (Å²) in [5.74, 6) is 0.952. The van der Waals surface area contributed by atoms with Gasteiger partial charge in [-0.1, -0.05) is 0 Å². The predicted octanol–water partition coefficient (Wildman–Crippen LogP) is 1.65. The Morgan fingerprint density at radius 1 is 1.37 bits per heavy atom. The number of aromatic amines is 2. The number of nitrogens with zero attached hydrogens (tertiary/aromatic N) is 1. The van der Waals surface area contributed by atoms with E-state index in [2.05, 4.69) is 20.3 Å². The standard InChI is InChI=1S/C14H20N4O/c1-10-11(2)18-13(17-10)5-6-14(19)16-9-7-12-4-3-8-15-12/h3-4,8,15H,5-7,9H2,1-2H3,(H,16,19)(H,17,18). The average molecular weight is 260 g/mol. The molecule has 0 aliphatic rings. The lowest BCUT2D eigenvalue weighted by molar-refractivity contribution is -0.121. The molecule has 0 bridgehead atoms. The zero-order valence-corrected chi connectivity index (χ0v) is 11.4. The molecule has 0 fully saturated rings. The maximum Gasteiger partial charge on any atom is 0.220 e. The number of hydrogen-bond donors (Lipinski definition) is 3. The van der Waals surface area contributed by atoms with E-state index in [1.165, 1.54) is 0 Å². The van der Waals surface area contributed by atoms with Gasteiger partial charge in [0.1, 0.15) is 5.82 Å². The first-order chi connectivity index (χ1) is 9.15. The second kappa shape index (κ2) is 6.22. The molecule has 5 heteroatoms. The molecule has 0 aliphatic heterocycles. The van der Waals surface area contributed by atoms with Crippen molar-refractivity contribution < 1.29 is 4.79 Å². The summed E-state index contributed by atoms with van der Waals surface area (Å²) in [5.41, 5.74) is 3.21. The number of aryl methyl sites for hydroxylation is 3. The van der Waals surface area contributed by atoms with Crippen molar-refractivity contribution in [2.75, 3.05) is 6.54 Å². The van der Waals surface area contributed by atoms with Gasteiger partial charge in [-0.25, -0.2) is 4.98 Å². The third-order valence-electron chi connectivity index (χ3n) is 3.14. The molecule has 2 rings (SSSR count). The minimum atomic E-state index is 0.0678. The largest absolute Gasteiger partial charge is 0.365 e. The third kappa shape index (κ3) is 3.98. The van der Waals surface area contributed by atoms with E-state index in [0.29, 0.717) is 19.4 Å². The van der Waals surface area contributed by atoms with E-state index in [9.17, 15) is 4.79 Å². The minimum Gasteiger partial charge on any atom is -0.365 e. The predicted molar refractivity (Wildman–Crippen MR) is 73.9 cm³/mol. The van der Waals surface area contributed by atoms with E-state index in [1.807, 2.05) is 32.2 Å². The lowest BCUT2D eigenvalue weighted by Gasteiger charge is -2.03. The lowest BCUT2D eigenvalue weighted by atomic mass is 10.2. The van der Waals surface area contributed by atoms with Gasteiger partial charge >= 0.3 is 0 Å². The summed E-state index contributed by atoms with van der Waals surface area (Å²) < 4.78 is 0. The molecule has 2 aromatic heterocycles. The number of carbonyl (C=O) groups excluding carboxylic acids is 1. The van der Waals surface area contributed by atoms with Crippen molar-refractivity contribution in [2.24, 2.45) is 0 Å². The molecule has 5 nitrogen and oxygen atoms in total. The van der Waals surface area contributed by atoms with Gasteiger partial charge in [0.05, 0.1) is 5.69 Å². The molecule has 0 saturated heterocycles. The quantitative estimate of drug-likeness (QED) is 0.738. The van der Waals surface area contributed by atoms with Crippen molar-refractivity contribution in [1.82, 2.24) is 20.3 Å². The molecule has 3 N–H and O–H groups in total. The molecule has 0 spiro atoms. The van der Waals surface area contributed by atoms with Crippen LogP contribution in [0.5, 0.6) is 0 Å². The molecule has 2 heterocycles. The summed E-state index contributed by atoms with van der Waals surface area (Å²) in [6, 6.07) is 3.97. The Hall–Kier alpha value is -2.04. The van der Waals surface area contributed by atoms with E-state index in [0.717, 1.165) is 29.3 Å². The molecule has 0 aliphatic carbocycles. The molecule has 2 aromatic rings. The fraction of sp³-hybridized carbons (Fsp3) is 0.429. The second-order valence-electron chi connectivity index (χ2n) is 4.69. The van der Waals surface area contributed by atoms with Gasteiger partial charge in [-0.3, -0.25) is 4.79 Å². The van der Waals surface area contributed by atoms with Crippen LogP contribution in [0.4, 0.5) is 0 Å². The first-order valence-electron chi connectivity index (χ1n) is 6.56. The highest BCUT2D eigenvalue weighted by molar-refractivity contribution is 5.76. The maximum absolute atomic E-state index is 11.7. The first-order valence-corrected chi connectivity index (χ1v) is 6.56. The number of aromatic nitrogens is 3. The highest BCUT2D eigenvalue weighted by Gasteiger charge is 2.06. The van der Waals surface area contributed by atoms with Gasteiger partial charge in [0, 0.05) is 43.4 Å². The molecular weight excluding hydrogens is 240 g/mol. The number of rotatable bonds is 6. The van der Waals surface area contributed by atoms with Crippen molar-refractivity contribution in [3.05, 3.63) is 41.2 Å². The number of carbonyl (C=O) groups is 1. The zero-order chi connectivity index (χ0) is 13.7. The van der Waals surface area contributed by atoms with E-state index >= 15 is 0 Å². The average Bonchev–Trinajstić information content (AvgIpc) is 2.98. The van der Waals surface area contributed by atoms with Crippen molar-refractivity contribution in [3.8, 4) is 0 Å². The van der Waals surface area contributed by atoms with Crippen LogP contribution in [0, 0.1) is 13.8 Å². The monoisotopic (exact) mass is 260 g/mol. The highest BCUT2D eigenvalue weighted by Crippen LogP contribution is 2.04. The van der Waals surface area contributed by atoms with Crippen molar-refractivity contribution in [2.45, 2.75) is 33.1 Å². The van der Waals surface area contributed by atoms with Crippen LogP contribution in [-0.4, -0.2) is 27.4 Å². The van der Waals surface area contributed by atoms with Crippen LogP contribution in [0.1, 0.15) is 29.3 Å². The summed E-state index contributed by atoms with van der Waals surface area (Å²) in [7, 11) is 0. The number of nitrogens with one attached hydrogen (secondary N) is 3. The van der Waals surface area contributed by atoms with Crippen LogP contribution in [0.3, 0.4) is 0 Å². The van der Waals surface area contributed by atoms with Crippen LogP contribution in [0.25, 0.3) is 0 Å². The van der Waals surface area contributed by atoms with Gasteiger partial charge in [-0.05, 0) is 26.0 Å². The SMILES string of the molecule is Cc1nc(CCC(=O)NCCc2ccc[nH]2)[nH]c1C. The normalized spacial score (nSPS) is 10.6. The first kappa shape index (κ1) is 13.4. The Bertz CT molecular complexity index is 508. The Morgan fingerprint density at radius 3 is 2.84 bits per heavy atom. The number of imidazole rings is 1. The molecule has 0 unspecified atom stereocenters. The van der Waals surface area contributed by atoms with Gasteiger partial charge in [0.15, 0.2) is 0 Å². The molecule has 0 saturated carbocycles. The maximum atomic E-state index is 11.7. The fourth-order valence-electron chi connectivity index (χ4n) is 1.92. The van der Waals surface area contributed by atoms with Crippen LogP contribution in [0.15, 0.2) is 18.3 Å². The molecule has 0 radical (unpaired) electrons. The van der Waals surface area contributed by atoms with E-state index in [4.69, 9.17) is 0 Å². The third-order valence-corrected chi connectivity index (χ3v) is 3.14. The summed E-state index contributed by atoms with van der Waals surface area (Å²) >= 11 is 0. The Balaban J connectivity index is 1.67. The van der Waals surface area contributed by atoms with Crippen LogP contribution in [0.2, 0.25) is 0 Å². The fourth-order valence-corrected chi connectivity index (χ4v) is 1.92. The molecule has 1 amide bonds. The van der Waals surface area contributed by atoms with E-state index in [-0.39, 0.29) is 5.91 Å². The van der Waals surface area contributed by atoms with Gasteiger partial charge in [-0.15, -0.1) is 0 Å². The van der Waals surface area contributed by atoms with Crippen molar-refractivity contribution >= 4 is 5.91 Å². The molecule has 102 valence electrons. The highest BCUT2D eigenvalue weighted by atomic mass is 16.1. The van der Waals surface area contributed by atoms with Crippen LogP contribution < -0.4 is 5.32 Å². The van der Waals surface area contributed by atoms with Crippen LogP contribution in [-0.2, 0) is 17.6 Å². The number of H-pyrrole nitrogens is 2. The number of amides is 1. The van der Waals surface area contributed by atoms with Gasteiger partial charge < -0.3 is 15.3 Å². The van der Waals surface area contributed by atoms with E-state index in [1.54, 1.807) is 0 Å².